The highest BCUT2D eigenvalue weighted by Gasteiger charge is 2.17. The second-order valence-corrected chi connectivity index (χ2v) is 3.79. The fraction of sp³-hybridized carbons (Fsp3) is 0.250. The molecule has 0 aliphatic carbocycles. The summed E-state index contributed by atoms with van der Waals surface area (Å²) >= 11 is 3.30. The van der Waals surface area contributed by atoms with Gasteiger partial charge in [0.15, 0.2) is 4.60 Å². The van der Waals surface area contributed by atoms with Gasteiger partial charge < -0.3 is 5.73 Å². The molecule has 2 aromatic heterocycles. The van der Waals surface area contributed by atoms with Gasteiger partial charge in [-0.05, 0) is 27.6 Å². The first-order chi connectivity index (χ1) is 7.20. The van der Waals surface area contributed by atoms with E-state index in [1.54, 1.807) is 24.1 Å². The minimum atomic E-state index is -0.310. The Kier molecular flexibility index (Phi) is 2.74. The summed E-state index contributed by atoms with van der Waals surface area (Å²) in [4.78, 5) is 0. The lowest BCUT2D eigenvalue weighted by atomic mass is 10.1. The predicted octanol–water partition coefficient (Wildman–Crippen LogP) is 0.416. The molecule has 2 aromatic rings. The van der Waals surface area contributed by atoms with Gasteiger partial charge in [-0.25, -0.2) is 4.68 Å². The van der Waals surface area contributed by atoms with E-state index in [1.807, 2.05) is 6.07 Å². The van der Waals surface area contributed by atoms with Gasteiger partial charge in [-0.2, -0.15) is 10.2 Å². The molecule has 1 unspecified atom stereocenters. The van der Waals surface area contributed by atoms with Gasteiger partial charge in [-0.3, -0.25) is 0 Å². The van der Waals surface area contributed by atoms with E-state index in [9.17, 15) is 0 Å². The summed E-state index contributed by atoms with van der Waals surface area (Å²) in [6.45, 7) is 0. The van der Waals surface area contributed by atoms with E-state index in [4.69, 9.17) is 5.73 Å². The minimum absolute atomic E-state index is 0.310. The number of nitrogens with two attached hydrogens (primary N) is 1. The Bertz CT molecular complexity index is 434. The first kappa shape index (κ1) is 10.2. The summed E-state index contributed by atoms with van der Waals surface area (Å²) in [6, 6.07) is 1.51. The maximum Gasteiger partial charge on any atom is 0.153 e. The first-order valence-electron chi connectivity index (χ1n) is 4.27. The van der Waals surface area contributed by atoms with Gasteiger partial charge in [0, 0.05) is 13.2 Å². The van der Waals surface area contributed by atoms with Gasteiger partial charge in [-0.1, -0.05) is 5.21 Å². The van der Waals surface area contributed by atoms with Crippen LogP contribution in [-0.4, -0.2) is 25.2 Å². The van der Waals surface area contributed by atoms with E-state index in [-0.39, 0.29) is 6.04 Å². The largest absolute Gasteiger partial charge is 0.319 e. The smallest absolute Gasteiger partial charge is 0.153 e. The van der Waals surface area contributed by atoms with Gasteiger partial charge in [0.1, 0.15) is 0 Å². The van der Waals surface area contributed by atoms with Crippen molar-refractivity contribution < 1.29 is 0 Å². The summed E-state index contributed by atoms with van der Waals surface area (Å²) < 4.78 is 2.28. The summed E-state index contributed by atoms with van der Waals surface area (Å²) in [5, 5.41) is 15.2. The Hall–Kier alpha value is -1.34. The van der Waals surface area contributed by atoms with Crippen LogP contribution in [0.3, 0.4) is 0 Å². The van der Waals surface area contributed by atoms with Crippen LogP contribution in [0.25, 0.3) is 0 Å². The van der Waals surface area contributed by atoms with E-state index in [0.717, 1.165) is 11.3 Å². The third-order valence-corrected chi connectivity index (χ3v) is 2.65. The topological polar surface area (TPSA) is 82.5 Å². The molecule has 0 fully saturated rings. The lowest BCUT2D eigenvalue weighted by molar-refractivity contribution is 0.649. The van der Waals surface area contributed by atoms with Crippen LogP contribution >= 0.6 is 15.9 Å². The average molecular weight is 269 g/mol. The summed E-state index contributed by atoms with van der Waals surface area (Å²) in [5.74, 6) is 0. The van der Waals surface area contributed by atoms with Crippen molar-refractivity contribution in [1.29, 1.82) is 0 Å². The van der Waals surface area contributed by atoms with E-state index >= 15 is 0 Å². The van der Waals surface area contributed by atoms with Crippen molar-refractivity contribution in [3.63, 3.8) is 0 Å². The molecule has 2 N–H and O–H groups in total. The molecule has 0 spiro atoms. The monoisotopic (exact) mass is 268 g/mol. The van der Waals surface area contributed by atoms with E-state index in [1.165, 1.54) is 0 Å². The molecular weight excluding hydrogens is 260 g/mol. The number of rotatable bonds is 2. The molecule has 0 bridgehead atoms. The van der Waals surface area contributed by atoms with Crippen molar-refractivity contribution in [2.75, 3.05) is 0 Å². The second kappa shape index (κ2) is 4.03. The molecule has 7 heteroatoms. The van der Waals surface area contributed by atoms with Crippen molar-refractivity contribution in [3.8, 4) is 0 Å². The first-order valence-corrected chi connectivity index (χ1v) is 5.06. The lowest BCUT2D eigenvalue weighted by Crippen LogP contribution is -2.16. The fourth-order valence-corrected chi connectivity index (χ4v) is 1.89. The molecule has 78 valence electrons. The van der Waals surface area contributed by atoms with Gasteiger partial charge in [0.25, 0.3) is 0 Å². The van der Waals surface area contributed by atoms with E-state index in [2.05, 4.69) is 36.4 Å². The predicted molar refractivity (Wildman–Crippen MR) is 56.8 cm³/mol. The molecule has 2 heterocycles. The van der Waals surface area contributed by atoms with Crippen LogP contribution in [0.4, 0.5) is 0 Å². The van der Waals surface area contributed by atoms with Crippen LogP contribution in [0.2, 0.25) is 0 Å². The van der Waals surface area contributed by atoms with Crippen LogP contribution in [0, 0.1) is 0 Å². The fourth-order valence-electron chi connectivity index (χ4n) is 1.31. The molecule has 2 rings (SSSR count). The Morgan fingerprint density at radius 2 is 2.27 bits per heavy atom. The Balaban J connectivity index is 2.41. The van der Waals surface area contributed by atoms with E-state index in [0.29, 0.717) is 4.60 Å². The van der Waals surface area contributed by atoms with Crippen molar-refractivity contribution in [2.24, 2.45) is 12.8 Å². The highest BCUT2D eigenvalue weighted by molar-refractivity contribution is 9.10. The second-order valence-electron chi connectivity index (χ2n) is 3.04. The molecule has 0 radical (unpaired) electrons. The number of aromatic nitrogens is 5. The van der Waals surface area contributed by atoms with Crippen molar-refractivity contribution in [1.82, 2.24) is 25.2 Å². The molecule has 0 aromatic carbocycles. The quantitative estimate of drug-likeness (QED) is 0.854. The van der Waals surface area contributed by atoms with Crippen LogP contribution < -0.4 is 5.73 Å². The number of nitrogens with zero attached hydrogens (tertiary/aromatic N) is 5. The van der Waals surface area contributed by atoms with E-state index < -0.39 is 0 Å². The lowest BCUT2D eigenvalue weighted by Gasteiger charge is -2.10. The number of aryl methyl sites for hydroxylation is 1. The molecule has 0 amide bonds. The number of hydrogen-bond acceptors (Lipinski definition) is 5. The third kappa shape index (κ3) is 1.88. The number of halogens is 1. The zero-order valence-electron chi connectivity index (χ0n) is 8.00. The van der Waals surface area contributed by atoms with Crippen LogP contribution in [0.5, 0.6) is 0 Å². The minimum Gasteiger partial charge on any atom is -0.319 e. The maximum atomic E-state index is 6.06. The zero-order valence-corrected chi connectivity index (χ0v) is 9.59. The molecular formula is C8H9BrN6. The maximum absolute atomic E-state index is 6.06. The molecule has 0 saturated heterocycles. The standard InChI is InChI=1S/C8H9BrN6/c1-15-7(8(9)13-14-15)6(10)5-2-3-11-12-4-5/h2-4,6H,10H2,1H3. The third-order valence-electron chi connectivity index (χ3n) is 2.09. The highest BCUT2D eigenvalue weighted by Crippen LogP contribution is 2.23. The zero-order chi connectivity index (χ0) is 10.8. The van der Waals surface area contributed by atoms with Gasteiger partial charge >= 0.3 is 0 Å². The van der Waals surface area contributed by atoms with Crippen LogP contribution in [0.15, 0.2) is 23.1 Å². The van der Waals surface area contributed by atoms with Gasteiger partial charge in [-0.15, -0.1) is 5.10 Å². The van der Waals surface area contributed by atoms with Crippen LogP contribution in [-0.2, 0) is 7.05 Å². The normalized spacial score (nSPS) is 12.7. The molecule has 0 aliphatic rings. The molecule has 15 heavy (non-hydrogen) atoms. The summed E-state index contributed by atoms with van der Waals surface area (Å²) in [5.41, 5.74) is 7.74. The summed E-state index contributed by atoms with van der Waals surface area (Å²) in [7, 11) is 1.79. The number of hydrogen-bond donors (Lipinski definition) is 1. The average Bonchev–Trinajstić information content (AvgIpc) is 2.59. The SMILES string of the molecule is Cn1nnc(Br)c1C(N)c1ccnnc1. The molecule has 6 nitrogen and oxygen atoms in total. The Morgan fingerprint density at radius 3 is 2.80 bits per heavy atom. The van der Waals surface area contributed by atoms with Crippen LogP contribution in [0.1, 0.15) is 17.3 Å². The summed E-state index contributed by atoms with van der Waals surface area (Å²) in [6.07, 6.45) is 3.23. The van der Waals surface area contributed by atoms with Crippen molar-refractivity contribution in [2.45, 2.75) is 6.04 Å². The molecule has 1 atom stereocenters. The van der Waals surface area contributed by atoms with Crippen molar-refractivity contribution in [3.05, 3.63) is 34.3 Å². The molecule has 0 aliphatic heterocycles. The Morgan fingerprint density at radius 1 is 1.47 bits per heavy atom. The van der Waals surface area contributed by atoms with Gasteiger partial charge in [0.05, 0.1) is 17.9 Å². The highest BCUT2D eigenvalue weighted by atomic mass is 79.9. The van der Waals surface area contributed by atoms with Gasteiger partial charge in [0.2, 0.25) is 0 Å². The van der Waals surface area contributed by atoms with Crippen molar-refractivity contribution >= 4 is 15.9 Å². The Labute approximate surface area is 94.6 Å². The molecule has 0 saturated carbocycles.